The van der Waals surface area contributed by atoms with Crippen molar-refractivity contribution in [3.63, 3.8) is 0 Å². The Morgan fingerprint density at radius 1 is 1.16 bits per heavy atom. The summed E-state index contributed by atoms with van der Waals surface area (Å²) < 4.78 is 43.8. The average molecular weight is 450 g/mol. The number of imide groups is 1. The largest absolute Gasteiger partial charge is 0.495 e. The lowest BCUT2D eigenvalue weighted by atomic mass is 10.1. The van der Waals surface area contributed by atoms with Gasteiger partial charge in [-0.15, -0.1) is 0 Å². The van der Waals surface area contributed by atoms with E-state index in [0.29, 0.717) is 17.3 Å². The van der Waals surface area contributed by atoms with Crippen LogP contribution < -0.4 is 10.1 Å². The molecule has 1 N–H and O–H groups in total. The van der Waals surface area contributed by atoms with E-state index >= 15 is 0 Å². The summed E-state index contributed by atoms with van der Waals surface area (Å²) in [6.07, 6.45) is -3.07. The number of rotatable bonds is 5. The zero-order chi connectivity index (χ0) is 22.8. The van der Waals surface area contributed by atoms with Gasteiger partial charge in [0.2, 0.25) is 5.91 Å². The lowest BCUT2D eigenvalue weighted by molar-refractivity contribution is -0.137. The maximum absolute atomic E-state index is 13.0. The molecule has 1 aliphatic rings. The van der Waals surface area contributed by atoms with Crippen molar-refractivity contribution >= 4 is 40.6 Å². The third-order valence-corrected chi connectivity index (χ3v) is 5.26. The van der Waals surface area contributed by atoms with Crippen molar-refractivity contribution in [3.05, 3.63) is 64.1 Å². The highest BCUT2D eigenvalue weighted by Gasteiger charge is 2.36. The van der Waals surface area contributed by atoms with Gasteiger partial charge in [-0.3, -0.25) is 19.3 Å². The van der Waals surface area contributed by atoms with Gasteiger partial charge in [0.15, 0.2) is 0 Å². The quantitative estimate of drug-likeness (QED) is 0.669. The predicted octanol–water partition coefficient (Wildman–Crippen LogP) is 4.70. The third kappa shape index (κ3) is 5.26. The Labute approximate surface area is 180 Å². The lowest BCUT2D eigenvalue weighted by Crippen LogP contribution is -2.36. The fraction of sp³-hybridized carbons (Fsp3) is 0.190. The average Bonchev–Trinajstić information content (AvgIpc) is 2.96. The number of methoxy groups -OCH3 is 1. The first-order chi connectivity index (χ1) is 14.6. The summed E-state index contributed by atoms with van der Waals surface area (Å²) in [6.45, 7) is 1.27. The number of benzene rings is 2. The van der Waals surface area contributed by atoms with E-state index in [4.69, 9.17) is 4.74 Å². The van der Waals surface area contributed by atoms with Gasteiger partial charge in [0, 0.05) is 0 Å². The van der Waals surface area contributed by atoms with Gasteiger partial charge in [0.1, 0.15) is 12.3 Å². The molecule has 6 nitrogen and oxygen atoms in total. The molecule has 1 fully saturated rings. The van der Waals surface area contributed by atoms with Crippen molar-refractivity contribution in [3.8, 4) is 5.75 Å². The van der Waals surface area contributed by atoms with Gasteiger partial charge in [-0.05, 0) is 48.5 Å². The number of carbonyl (C=O) groups excluding carboxylic acids is 3. The van der Waals surface area contributed by atoms with Gasteiger partial charge in [0.25, 0.3) is 11.1 Å². The molecule has 1 saturated heterocycles. The number of halogens is 3. The highest BCUT2D eigenvalue weighted by Crippen LogP contribution is 2.35. The van der Waals surface area contributed by atoms with E-state index in [2.05, 4.69) is 5.32 Å². The minimum Gasteiger partial charge on any atom is -0.495 e. The molecule has 0 aromatic heterocycles. The van der Waals surface area contributed by atoms with Gasteiger partial charge in [-0.25, -0.2) is 0 Å². The lowest BCUT2D eigenvalue weighted by Gasteiger charge is -2.16. The zero-order valence-electron chi connectivity index (χ0n) is 16.4. The van der Waals surface area contributed by atoms with Gasteiger partial charge >= 0.3 is 6.18 Å². The summed E-state index contributed by atoms with van der Waals surface area (Å²) in [6, 6.07) is 9.90. The summed E-state index contributed by atoms with van der Waals surface area (Å²) in [4.78, 5) is 38.0. The van der Waals surface area contributed by atoms with E-state index in [-0.39, 0.29) is 16.3 Å². The van der Waals surface area contributed by atoms with Crippen molar-refractivity contribution in [1.82, 2.24) is 4.90 Å². The molecule has 0 bridgehead atoms. The van der Waals surface area contributed by atoms with Crippen molar-refractivity contribution in [2.24, 2.45) is 0 Å². The van der Waals surface area contributed by atoms with Crippen LogP contribution in [0.15, 0.2) is 47.4 Å². The Bertz CT molecular complexity index is 1070. The number of anilines is 1. The van der Waals surface area contributed by atoms with E-state index < -0.39 is 35.3 Å². The maximum Gasteiger partial charge on any atom is 0.416 e. The molecule has 0 spiro atoms. The highest BCUT2D eigenvalue weighted by atomic mass is 32.2. The van der Waals surface area contributed by atoms with Crippen molar-refractivity contribution in [2.75, 3.05) is 19.0 Å². The Hall–Kier alpha value is -3.27. The van der Waals surface area contributed by atoms with Gasteiger partial charge < -0.3 is 10.1 Å². The normalized spacial score (nSPS) is 15.5. The Balaban J connectivity index is 1.74. The van der Waals surface area contributed by atoms with Crippen LogP contribution in [0.2, 0.25) is 0 Å². The number of aryl methyl sites for hydroxylation is 1. The van der Waals surface area contributed by atoms with Crippen LogP contribution >= 0.6 is 11.8 Å². The highest BCUT2D eigenvalue weighted by molar-refractivity contribution is 8.18. The second-order valence-corrected chi connectivity index (χ2v) is 7.63. The topological polar surface area (TPSA) is 75.7 Å². The van der Waals surface area contributed by atoms with Crippen LogP contribution in [0.1, 0.15) is 16.7 Å². The molecule has 0 unspecified atom stereocenters. The molecule has 162 valence electrons. The van der Waals surface area contributed by atoms with Crippen molar-refractivity contribution < 1.29 is 32.3 Å². The number of carbonyl (C=O) groups is 3. The van der Waals surface area contributed by atoms with Gasteiger partial charge in [-0.2, -0.15) is 13.2 Å². The summed E-state index contributed by atoms with van der Waals surface area (Å²) in [7, 11) is 1.24. The second kappa shape index (κ2) is 8.84. The Morgan fingerprint density at radius 2 is 1.84 bits per heavy atom. The summed E-state index contributed by atoms with van der Waals surface area (Å²) in [5, 5.41) is 1.63. The predicted molar refractivity (Wildman–Crippen MR) is 110 cm³/mol. The molecular formula is C21H17F3N2O4S. The van der Waals surface area contributed by atoms with E-state index in [0.717, 1.165) is 28.7 Å². The van der Waals surface area contributed by atoms with Crippen LogP contribution in [0.3, 0.4) is 0 Å². The molecule has 31 heavy (non-hydrogen) atoms. The third-order valence-electron chi connectivity index (χ3n) is 4.35. The van der Waals surface area contributed by atoms with Crippen LogP contribution in [-0.4, -0.2) is 35.6 Å². The number of amides is 3. The molecule has 10 heteroatoms. The molecule has 0 aliphatic carbocycles. The first-order valence-electron chi connectivity index (χ1n) is 8.95. The number of ether oxygens (including phenoxy) is 1. The van der Waals surface area contributed by atoms with E-state index in [1.807, 2.05) is 19.1 Å². The molecule has 0 saturated carbocycles. The SMILES string of the molecule is COc1ccc(C(F)(F)F)cc1NC(=O)CN1C(=O)S/C(=C\c2ccc(C)cc2)C1=O. The number of hydrogen-bond acceptors (Lipinski definition) is 5. The van der Waals surface area contributed by atoms with Gasteiger partial charge in [-0.1, -0.05) is 29.8 Å². The summed E-state index contributed by atoms with van der Waals surface area (Å²) >= 11 is 0.688. The molecular weight excluding hydrogens is 433 g/mol. The summed E-state index contributed by atoms with van der Waals surface area (Å²) in [5.41, 5.74) is 0.557. The molecule has 3 rings (SSSR count). The van der Waals surface area contributed by atoms with E-state index in [1.165, 1.54) is 13.2 Å². The molecule has 2 aromatic carbocycles. The molecule has 1 aliphatic heterocycles. The monoisotopic (exact) mass is 450 g/mol. The first kappa shape index (κ1) is 22.4. The smallest absolute Gasteiger partial charge is 0.416 e. The standard InChI is InChI=1S/C21H17F3N2O4S/c1-12-3-5-13(6-4-12)9-17-19(28)26(20(29)31-17)11-18(27)25-15-10-14(21(22,23)24)7-8-16(15)30-2/h3-10H,11H2,1-2H3,(H,25,27)/b17-9-. The molecule has 0 atom stereocenters. The van der Waals surface area contributed by atoms with Gasteiger partial charge in [0.05, 0.1) is 23.3 Å². The molecule has 3 amide bonds. The number of alkyl halides is 3. The Kier molecular flexibility index (Phi) is 6.40. The number of thioether (sulfide) groups is 1. The second-order valence-electron chi connectivity index (χ2n) is 6.64. The van der Waals surface area contributed by atoms with Crippen LogP contribution in [-0.2, 0) is 15.8 Å². The van der Waals surface area contributed by atoms with Crippen LogP contribution in [0.4, 0.5) is 23.7 Å². The zero-order valence-corrected chi connectivity index (χ0v) is 17.3. The number of nitrogens with one attached hydrogen (secondary N) is 1. The van der Waals surface area contributed by atoms with Crippen molar-refractivity contribution in [1.29, 1.82) is 0 Å². The molecule has 0 radical (unpaired) electrons. The number of hydrogen-bond donors (Lipinski definition) is 1. The minimum atomic E-state index is -4.61. The van der Waals surface area contributed by atoms with Crippen LogP contribution in [0.25, 0.3) is 6.08 Å². The molecule has 2 aromatic rings. The van der Waals surface area contributed by atoms with Crippen LogP contribution in [0.5, 0.6) is 5.75 Å². The van der Waals surface area contributed by atoms with E-state index in [1.54, 1.807) is 12.1 Å². The van der Waals surface area contributed by atoms with E-state index in [9.17, 15) is 27.6 Å². The summed E-state index contributed by atoms with van der Waals surface area (Å²) in [5.74, 6) is -1.48. The molecule has 1 heterocycles. The maximum atomic E-state index is 13.0. The fourth-order valence-electron chi connectivity index (χ4n) is 2.77. The first-order valence-corrected chi connectivity index (χ1v) is 9.77. The number of nitrogens with zero attached hydrogens (tertiary/aromatic N) is 1. The van der Waals surface area contributed by atoms with Crippen molar-refractivity contribution in [2.45, 2.75) is 13.1 Å². The fourth-order valence-corrected chi connectivity index (χ4v) is 3.60. The minimum absolute atomic E-state index is 0.00903. The Morgan fingerprint density at radius 3 is 2.45 bits per heavy atom. The van der Waals surface area contributed by atoms with Crippen LogP contribution in [0, 0.1) is 6.92 Å².